The first-order chi connectivity index (χ1) is 10.1. The second kappa shape index (κ2) is 6.89. The summed E-state index contributed by atoms with van der Waals surface area (Å²) in [4.78, 5) is 25.1. The molecule has 1 aromatic carbocycles. The summed E-state index contributed by atoms with van der Waals surface area (Å²) in [6.07, 6.45) is 1.67. The van der Waals surface area contributed by atoms with E-state index in [0.717, 1.165) is 24.1 Å². The Balaban J connectivity index is 1.90. The molecule has 1 aliphatic heterocycles. The number of nitrogens with one attached hydrogen (secondary N) is 1. The van der Waals surface area contributed by atoms with E-state index in [-0.39, 0.29) is 18.2 Å². The summed E-state index contributed by atoms with van der Waals surface area (Å²) in [5.74, 6) is -0.0944. The number of benzene rings is 1. The monoisotopic (exact) mass is 285 g/mol. The molecule has 1 aliphatic rings. The van der Waals surface area contributed by atoms with E-state index in [0.29, 0.717) is 13.0 Å². The normalized spacial score (nSPS) is 15.6. The first-order valence-corrected chi connectivity index (χ1v) is 7.14. The van der Waals surface area contributed by atoms with E-state index in [1.165, 1.54) is 0 Å². The number of aryl methyl sites for hydroxylation is 1. The third-order valence-corrected chi connectivity index (χ3v) is 3.71. The molecule has 2 rings (SSSR count). The van der Waals surface area contributed by atoms with Crippen LogP contribution in [0, 0.1) is 18.3 Å². The van der Waals surface area contributed by atoms with Gasteiger partial charge in [-0.2, -0.15) is 5.26 Å². The Morgan fingerprint density at radius 2 is 2.24 bits per heavy atom. The van der Waals surface area contributed by atoms with Crippen molar-refractivity contribution in [3.05, 3.63) is 35.4 Å². The summed E-state index contributed by atoms with van der Waals surface area (Å²) in [7, 11) is 0. The van der Waals surface area contributed by atoms with Crippen molar-refractivity contribution < 1.29 is 9.59 Å². The molecule has 1 heterocycles. The Hall–Kier alpha value is -2.35. The average Bonchev–Trinajstić information content (AvgIpc) is 2.89. The van der Waals surface area contributed by atoms with E-state index < -0.39 is 6.04 Å². The van der Waals surface area contributed by atoms with Crippen LogP contribution >= 0.6 is 0 Å². The minimum Gasteiger partial charge on any atom is -0.342 e. The molecule has 0 spiro atoms. The van der Waals surface area contributed by atoms with E-state index in [4.69, 9.17) is 0 Å². The van der Waals surface area contributed by atoms with Gasteiger partial charge in [0.1, 0.15) is 6.04 Å². The second-order valence-electron chi connectivity index (χ2n) is 5.22. The van der Waals surface area contributed by atoms with E-state index >= 15 is 0 Å². The van der Waals surface area contributed by atoms with Gasteiger partial charge in [0.25, 0.3) is 0 Å². The predicted octanol–water partition coefficient (Wildman–Crippen LogP) is 1.69. The van der Waals surface area contributed by atoms with Gasteiger partial charge in [-0.1, -0.05) is 24.3 Å². The zero-order chi connectivity index (χ0) is 15.2. The number of nitrogens with zero attached hydrogens (tertiary/aromatic N) is 2. The highest BCUT2D eigenvalue weighted by atomic mass is 16.2. The lowest BCUT2D eigenvalue weighted by atomic mass is 10.0. The van der Waals surface area contributed by atoms with Crippen LogP contribution in [0.5, 0.6) is 0 Å². The molecule has 2 amide bonds. The van der Waals surface area contributed by atoms with E-state index in [2.05, 4.69) is 11.4 Å². The summed E-state index contributed by atoms with van der Waals surface area (Å²) in [5, 5.41) is 12.0. The minimum atomic E-state index is -0.645. The van der Waals surface area contributed by atoms with Crippen LogP contribution in [0.2, 0.25) is 0 Å². The van der Waals surface area contributed by atoms with Crippen molar-refractivity contribution in [1.82, 2.24) is 10.2 Å². The molecule has 5 heteroatoms. The molecular formula is C16H19N3O2. The molecular weight excluding hydrogens is 266 g/mol. The fraction of sp³-hybridized carbons (Fsp3) is 0.438. The Bertz CT molecular complexity index is 577. The van der Waals surface area contributed by atoms with Gasteiger partial charge in [-0.15, -0.1) is 0 Å². The van der Waals surface area contributed by atoms with Gasteiger partial charge in [0.2, 0.25) is 11.8 Å². The summed E-state index contributed by atoms with van der Waals surface area (Å²) in [5.41, 5.74) is 1.78. The van der Waals surface area contributed by atoms with Crippen molar-refractivity contribution in [2.45, 2.75) is 32.2 Å². The largest absolute Gasteiger partial charge is 0.342 e. The fourth-order valence-corrected chi connectivity index (χ4v) is 2.50. The standard InChI is InChI=1S/C16H19N3O2/c1-12-5-2-3-6-13(12)14(11-17)18-15(20)8-10-19-9-4-7-16(19)21/h2-3,5-6,14H,4,7-10H2,1H3,(H,18,20)/t14-/m1/s1. The molecule has 5 nitrogen and oxygen atoms in total. The number of hydrogen-bond acceptors (Lipinski definition) is 3. The first kappa shape index (κ1) is 15.0. The molecule has 21 heavy (non-hydrogen) atoms. The van der Waals surface area contributed by atoms with Gasteiger partial charge < -0.3 is 10.2 Å². The number of carbonyl (C=O) groups is 2. The van der Waals surface area contributed by atoms with Crippen molar-refractivity contribution in [2.24, 2.45) is 0 Å². The number of carbonyl (C=O) groups excluding carboxylic acids is 2. The highest BCUT2D eigenvalue weighted by molar-refractivity contribution is 5.80. The van der Waals surface area contributed by atoms with Crippen LogP contribution in [-0.4, -0.2) is 29.8 Å². The summed E-state index contributed by atoms with van der Waals surface area (Å²) in [6.45, 7) is 3.07. The topological polar surface area (TPSA) is 73.2 Å². The molecule has 1 atom stereocenters. The maximum atomic E-state index is 12.0. The van der Waals surface area contributed by atoms with Crippen LogP contribution in [0.3, 0.4) is 0 Å². The molecule has 0 bridgehead atoms. The molecule has 1 N–H and O–H groups in total. The maximum absolute atomic E-state index is 12.0. The van der Waals surface area contributed by atoms with Gasteiger partial charge in [0.15, 0.2) is 0 Å². The average molecular weight is 285 g/mol. The van der Waals surface area contributed by atoms with Gasteiger partial charge in [0.05, 0.1) is 6.07 Å². The summed E-state index contributed by atoms with van der Waals surface area (Å²) >= 11 is 0. The molecule has 0 aromatic heterocycles. The van der Waals surface area contributed by atoms with Gasteiger partial charge in [-0.25, -0.2) is 0 Å². The van der Waals surface area contributed by atoms with Gasteiger partial charge >= 0.3 is 0 Å². The smallest absolute Gasteiger partial charge is 0.223 e. The van der Waals surface area contributed by atoms with Gasteiger partial charge in [-0.05, 0) is 24.5 Å². The molecule has 0 aliphatic carbocycles. The highest BCUT2D eigenvalue weighted by Gasteiger charge is 2.21. The zero-order valence-electron chi connectivity index (χ0n) is 12.1. The predicted molar refractivity (Wildman–Crippen MR) is 78.1 cm³/mol. The summed E-state index contributed by atoms with van der Waals surface area (Å²) < 4.78 is 0. The number of amides is 2. The third kappa shape index (κ3) is 3.82. The molecule has 1 aromatic rings. The lowest BCUT2D eigenvalue weighted by Crippen LogP contribution is -2.33. The van der Waals surface area contributed by atoms with Crippen molar-refractivity contribution in [3.63, 3.8) is 0 Å². The Morgan fingerprint density at radius 3 is 2.86 bits per heavy atom. The SMILES string of the molecule is Cc1ccccc1[C@@H](C#N)NC(=O)CCN1CCCC1=O. The second-order valence-corrected chi connectivity index (χ2v) is 5.22. The van der Waals surface area contributed by atoms with Crippen LogP contribution in [0.25, 0.3) is 0 Å². The lowest BCUT2D eigenvalue weighted by molar-refractivity contribution is -0.128. The highest BCUT2D eigenvalue weighted by Crippen LogP contribution is 2.17. The van der Waals surface area contributed by atoms with Gasteiger partial charge in [0, 0.05) is 25.9 Å². The van der Waals surface area contributed by atoms with Crippen molar-refractivity contribution in [1.29, 1.82) is 5.26 Å². The number of nitriles is 1. The zero-order valence-corrected chi connectivity index (χ0v) is 12.1. The number of hydrogen-bond donors (Lipinski definition) is 1. The van der Waals surface area contributed by atoms with Crippen molar-refractivity contribution >= 4 is 11.8 Å². The van der Waals surface area contributed by atoms with Crippen LogP contribution in [0.4, 0.5) is 0 Å². The van der Waals surface area contributed by atoms with Crippen LogP contribution in [0.15, 0.2) is 24.3 Å². The van der Waals surface area contributed by atoms with E-state index in [1.54, 1.807) is 4.90 Å². The van der Waals surface area contributed by atoms with Crippen LogP contribution in [0.1, 0.15) is 36.4 Å². The lowest BCUT2D eigenvalue weighted by Gasteiger charge is -2.17. The molecule has 0 unspecified atom stereocenters. The molecule has 1 saturated heterocycles. The molecule has 110 valence electrons. The Kier molecular flexibility index (Phi) is 4.94. The number of rotatable bonds is 5. The maximum Gasteiger partial charge on any atom is 0.223 e. The first-order valence-electron chi connectivity index (χ1n) is 7.14. The number of likely N-dealkylation sites (tertiary alicyclic amines) is 1. The molecule has 0 radical (unpaired) electrons. The van der Waals surface area contributed by atoms with Crippen LogP contribution < -0.4 is 5.32 Å². The van der Waals surface area contributed by atoms with E-state index in [9.17, 15) is 14.9 Å². The van der Waals surface area contributed by atoms with Gasteiger partial charge in [-0.3, -0.25) is 9.59 Å². The Labute approximate surface area is 124 Å². The molecule has 1 fully saturated rings. The van der Waals surface area contributed by atoms with Crippen LogP contribution in [-0.2, 0) is 9.59 Å². The molecule has 0 saturated carbocycles. The fourth-order valence-electron chi connectivity index (χ4n) is 2.50. The summed E-state index contributed by atoms with van der Waals surface area (Å²) in [6, 6.07) is 8.97. The van der Waals surface area contributed by atoms with Crippen molar-refractivity contribution in [3.8, 4) is 6.07 Å². The van der Waals surface area contributed by atoms with Crippen molar-refractivity contribution in [2.75, 3.05) is 13.1 Å². The quantitative estimate of drug-likeness (QED) is 0.894. The third-order valence-electron chi connectivity index (χ3n) is 3.71. The Morgan fingerprint density at radius 1 is 1.48 bits per heavy atom. The van der Waals surface area contributed by atoms with E-state index in [1.807, 2.05) is 31.2 Å². The minimum absolute atomic E-state index is 0.110.